The van der Waals surface area contributed by atoms with E-state index in [9.17, 15) is 0 Å². The Balaban J connectivity index is 0.00000150. The summed E-state index contributed by atoms with van der Waals surface area (Å²) >= 11 is 0. The van der Waals surface area contributed by atoms with Crippen molar-refractivity contribution in [2.45, 2.75) is 39.4 Å². The molecule has 0 aromatic heterocycles. The molecule has 0 fully saturated rings. The van der Waals surface area contributed by atoms with Crippen LogP contribution in [-0.4, -0.2) is 14.9 Å². The van der Waals surface area contributed by atoms with E-state index in [2.05, 4.69) is 87.3 Å². The molecule has 0 unspecified atom stereocenters. The van der Waals surface area contributed by atoms with Crippen LogP contribution in [-0.2, 0) is 30.6 Å². The van der Waals surface area contributed by atoms with Crippen LogP contribution in [0.2, 0.25) is 19.6 Å². The van der Waals surface area contributed by atoms with Crippen molar-refractivity contribution in [1.29, 1.82) is 0 Å². The summed E-state index contributed by atoms with van der Waals surface area (Å²) < 4.78 is 6.04. The minimum atomic E-state index is -1.44. The zero-order chi connectivity index (χ0) is 19.0. The molecule has 2 aliphatic rings. The minimum Gasteiger partial charge on any atom is -1.00 e. The Morgan fingerprint density at radius 1 is 1.03 bits per heavy atom. The SMILES string of the molecule is CC=c1ccc2c(c1C1=CC(CCO[Si](C)(C)C)=CC1)[C-]=c1ccccc1=2.[Cl-].[Cl-].[Zr+3]. The maximum atomic E-state index is 6.04. The van der Waals surface area contributed by atoms with Crippen LogP contribution in [0.3, 0.4) is 0 Å². The van der Waals surface area contributed by atoms with Gasteiger partial charge in [0.1, 0.15) is 0 Å². The summed E-state index contributed by atoms with van der Waals surface area (Å²) in [6.07, 6.45) is 12.6. The predicted octanol–water partition coefficient (Wildman–Crippen LogP) is -1.25. The molecule has 155 valence electrons. The van der Waals surface area contributed by atoms with Gasteiger partial charge in [0.25, 0.3) is 0 Å². The standard InChI is InChI=1S/C25H27OSi.2ClH.Zr/c1-5-19-12-13-23-22-9-7-6-8-20(22)17-24(23)25(19)21-11-10-18(16-21)14-15-26-27(2,3)4;;;/h5-10,12-13,16H,11,14-15H2,1-4H3;2*1H;/q-1;;;+3/p-2. The van der Waals surface area contributed by atoms with Crippen LogP contribution < -0.4 is 35.3 Å². The molecular weight excluding hydrogens is 506 g/mol. The van der Waals surface area contributed by atoms with E-state index >= 15 is 0 Å². The fourth-order valence-electron chi connectivity index (χ4n) is 3.93. The Morgan fingerprint density at radius 3 is 2.47 bits per heavy atom. The Hall–Kier alpha value is -0.700. The van der Waals surface area contributed by atoms with Gasteiger partial charge in [0.05, 0.1) is 0 Å². The molecule has 0 atom stereocenters. The maximum absolute atomic E-state index is 6.04. The molecule has 0 N–H and O–H groups in total. The number of hydrogen-bond acceptors (Lipinski definition) is 1. The first-order valence-corrected chi connectivity index (χ1v) is 13.2. The second-order valence-electron chi connectivity index (χ2n) is 8.28. The third-order valence-electron chi connectivity index (χ3n) is 5.22. The van der Waals surface area contributed by atoms with Crippen LogP contribution in [0.1, 0.15) is 30.9 Å². The zero-order valence-electron chi connectivity index (χ0n) is 18.0. The largest absolute Gasteiger partial charge is 3.00 e. The number of fused-ring (bicyclic) bond motifs is 2. The monoisotopic (exact) mass is 531 g/mol. The van der Waals surface area contributed by atoms with E-state index in [1.165, 1.54) is 43.1 Å². The smallest absolute Gasteiger partial charge is 1.00 e. The number of allylic oxidation sites excluding steroid dienone is 3. The van der Waals surface area contributed by atoms with Gasteiger partial charge < -0.3 is 29.2 Å². The summed E-state index contributed by atoms with van der Waals surface area (Å²) in [6, 6.07) is 13.1. The summed E-state index contributed by atoms with van der Waals surface area (Å²) in [7, 11) is -1.44. The molecule has 30 heavy (non-hydrogen) atoms. The van der Waals surface area contributed by atoms with Gasteiger partial charge in [-0.3, -0.25) is 0 Å². The predicted molar refractivity (Wildman–Crippen MR) is 117 cm³/mol. The first-order valence-electron chi connectivity index (χ1n) is 9.83. The molecule has 0 saturated carbocycles. The summed E-state index contributed by atoms with van der Waals surface area (Å²) in [4.78, 5) is 0. The van der Waals surface area contributed by atoms with Gasteiger partial charge in [-0.1, -0.05) is 64.9 Å². The Bertz CT molecular complexity index is 1180. The van der Waals surface area contributed by atoms with Gasteiger partial charge in [-0.05, 0) is 45.0 Å². The van der Waals surface area contributed by atoms with Crippen molar-refractivity contribution in [2.75, 3.05) is 6.61 Å². The first kappa shape index (κ1) is 27.3. The Labute approximate surface area is 212 Å². The van der Waals surface area contributed by atoms with Crippen molar-refractivity contribution in [3.63, 3.8) is 0 Å². The summed E-state index contributed by atoms with van der Waals surface area (Å²) in [5, 5.41) is 5.11. The minimum absolute atomic E-state index is 0. The molecule has 1 nitrogen and oxygen atoms in total. The average molecular weight is 534 g/mol. The van der Waals surface area contributed by atoms with E-state index in [1.54, 1.807) is 0 Å². The molecule has 0 aliphatic heterocycles. The van der Waals surface area contributed by atoms with Crippen LogP contribution in [0.4, 0.5) is 0 Å². The normalized spacial score (nSPS) is 14.3. The van der Waals surface area contributed by atoms with E-state index in [0.717, 1.165) is 19.4 Å². The van der Waals surface area contributed by atoms with Crippen LogP contribution in [0.5, 0.6) is 0 Å². The molecule has 2 aliphatic carbocycles. The van der Waals surface area contributed by atoms with Crippen molar-refractivity contribution in [3.8, 4) is 0 Å². The van der Waals surface area contributed by atoms with Gasteiger partial charge in [-0.15, -0.1) is 33.4 Å². The average Bonchev–Trinajstić information content (AvgIpc) is 3.24. The molecule has 0 heterocycles. The van der Waals surface area contributed by atoms with Crippen molar-refractivity contribution < 1.29 is 55.4 Å². The molecule has 0 bridgehead atoms. The molecule has 0 amide bonds. The van der Waals surface area contributed by atoms with Crippen molar-refractivity contribution in [3.05, 3.63) is 86.1 Å². The third-order valence-corrected chi connectivity index (χ3v) is 6.29. The van der Waals surface area contributed by atoms with Gasteiger partial charge in [-0.25, -0.2) is 0 Å². The van der Waals surface area contributed by atoms with Gasteiger partial charge in [0, 0.05) is 6.61 Å². The van der Waals surface area contributed by atoms with Crippen LogP contribution in [0.15, 0.2) is 54.1 Å². The Kier molecular flexibility index (Phi) is 10.2. The maximum Gasteiger partial charge on any atom is 3.00 e. The number of rotatable bonds is 5. The van der Waals surface area contributed by atoms with Crippen LogP contribution >= 0.6 is 0 Å². The molecule has 2 aromatic rings. The van der Waals surface area contributed by atoms with Gasteiger partial charge in [0.15, 0.2) is 8.32 Å². The molecule has 5 heteroatoms. The van der Waals surface area contributed by atoms with Gasteiger partial charge in [0.2, 0.25) is 0 Å². The second kappa shape index (κ2) is 11.2. The fraction of sp³-hybridized carbons (Fsp3) is 0.280. The van der Waals surface area contributed by atoms with Gasteiger partial charge in [-0.2, -0.15) is 0 Å². The summed E-state index contributed by atoms with van der Waals surface area (Å²) in [5.41, 5.74) is 5.41. The van der Waals surface area contributed by atoms with Crippen LogP contribution in [0.25, 0.3) is 17.7 Å². The Morgan fingerprint density at radius 2 is 1.77 bits per heavy atom. The fourth-order valence-corrected chi connectivity index (χ4v) is 4.64. The number of hydrogen-bond donors (Lipinski definition) is 0. The molecular formula is C25H27Cl2OSiZr. The summed E-state index contributed by atoms with van der Waals surface area (Å²) in [6.45, 7) is 9.69. The first-order chi connectivity index (χ1) is 13.0. The summed E-state index contributed by atoms with van der Waals surface area (Å²) in [5.74, 6) is 0. The number of halogens is 2. The van der Waals surface area contributed by atoms with Crippen molar-refractivity contribution in [2.24, 2.45) is 0 Å². The second-order valence-corrected chi connectivity index (χ2v) is 12.8. The molecule has 2 aromatic carbocycles. The van der Waals surface area contributed by atoms with E-state index < -0.39 is 8.32 Å². The molecule has 1 radical (unpaired) electrons. The third kappa shape index (κ3) is 5.75. The molecule has 0 spiro atoms. The van der Waals surface area contributed by atoms with E-state index in [0.29, 0.717) is 0 Å². The molecule has 4 rings (SSSR count). The zero-order valence-corrected chi connectivity index (χ0v) is 23.0. The van der Waals surface area contributed by atoms with E-state index in [4.69, 9.17) is 4.43 Å². The quantitative estimate of drug-likeness (QED) is 0.295. The van der Waals surface area contributed by atoms with Crippen molar-refractivity contribution in [1.82, 2.24) is 0 Å². The number of benzene rings is 2. The van der Waals surface area contributed by atoms with E-state index in [-0.39, 0.29) is 51.0 Å². The topological polar surface area (TPSA) is 9.23 Å². The van der Waals surface area contributed by atoms with E-state index in [1.807, 2.05) is 0 Å². The van der Waals surface area contributed by atoms with Crippen molar-refractivity contribution >= 4 is 26.0 Å². The van der Waals surface area contributed by atoms with Crippen LogP contribution in [0, 0.1) is 10.4 Å². The van der Waals surface area contributed by atoms with Gasteiger partial charge >= 0.3 is 26.2 Å². The molecule has 0 saturated heterocycles.